The van der Waals surface area contributed by atoms with E-state index in [0.717, 1.165) is 27.8 Å². The van der Waals surface area contributed by atoms with Crippen LogP contribution in [0, 0.1) is 0 Å². The fourth-order valence-electron chi connectivity index (χ4n) is 6.58. The van der Waals surface area contributed by atoms with Crippen LogP contribution in [0.25, 0.3) is 81.7 Å². The van der Waals surface area contributed by atoms with Crippen molar-refractivity contribution in [3.63, 3.8) is 0 Å². The first kappa shape index (κ1) is 20.0. The van der Waals surface area contributed by atoms with E-state index in [0.29, 0.717) is 0 Å². The highest BCUT2D eigenvalue weighted by Crippen LogP contribution is 2.47. The summed E-state index contributed by atoms with van der Waals surface area (Å²) in [6.07, 6.45) is 0. The monoisotopic (exact) mass is 483 g/mol. The summed E-state index contributed by atoms with van der Waals surface area (Å²) < 4.78 is 9.23. The van der Waals surface area contributed by atoms with Crippen LogP contribution in [0.4, 0.5) is 0 Å². The summed E-state index contributed by atoms with van der Waals surface area (Å²) in [6, 6.07) is 45.7. The Morgan fingerprint density at radius 1 is 0.395 bits per heavy atom. The SMILES string of the molecule is c1ccc2c(-n3c4c5ccccc5ccc4c4c5ccccc5c5c6ccccc6oc5c43)cccc2c1. The van der Waals surface area contributed by atoms with Crippen LogP contribution >= 0.6 is 0 Å². The van der Waals surface area contributed by atoms with E-state index >= 15 is 0 Å². The summed E-state index contributed by atoms with van der Waals surface area (Å²) in [5, 5.41) is 12.2. The van der Waals surface area contributed by atoms with Crippen molar-refractivity contribution >= 4 is 76.1 Å². The van der Waals surface area contributed by atoms with Gasteiger partial charge in [0.2, 0.25) is 0 Å². The lowest BCUT2D eigenvalue weighted by atomic mass is 9.98. The molecule has 0 saturated carbocycles. The Hall–Kier alpha value is -5.08. The quantitative estimate of drug-likeness (QED) is 0.227. The van der Waals surface area contributed by atoms with Crippen molar-refractivity contribution in [2.75, 3.05) is 0 Å². The Morgan fingerprint density at radius 2 is 1.00 bits per heavy atom. The molecular weight excluding hydrogens is 462 g/mol. The molecule has 0 saturated heterocycles. The molecule has 0 atom stereocenters. The minimum Gasteiger partial charge on any atom is -0.454 e. The Bertz CT molecular complexity index is 2400. The van der Waals surface area contributed by atoms with Crippen molar-refractivity contribution < 1.29 is 4.42 Å². The summed E-state index contributed by atoms with van der Waals surface area (Å²) in [5.74, 6) is 0. The molecule has 2 heteroatoms. The molecule has 7 aromatic carbocycles. The van der Waals surface area contributed by atoms with Crippen LogP contribution in [0.2, 0.25) is 0 Å². The average molecular weight is 484 g/mol. The highest BCUT2D eigenvalue weighted by molar-refractivity contribution is 6.36. The number of aromatic nitrogens is 1. The highest BCUT2D eigenvalue weighted by atomic mass is 16.3. The van der Waals surface area contributed by atoms with Gasteiger partial charge >= 0.3 is 0 Å². The first-order valence-electron chi connectivity index (χ1n) is 13.0. The van der Waals surface area contributed by atoms with E-state index in [1.165, 1.54) is 54.0 Å². The summed E-state index contributed by atoms with van der Waals surface area (Å²) >= 11 is 0. The summed E-state index contributed by atoms with van der Waals surface area (Å²) in [7, 11) is 0. The van der Waals surface area contributed by atoms with Crippen LogP contribution in [-0.4, -0.2) is 4.57 Å². The van der Waals surface area contributed by atoms with Crippen molar-refractivity contribution in [3.8, 4) is 5.69 Å². The maximum absolute atomic E-state index is 6.77. The number of para-hydroxylation sites is 1. The first-order valence-corrected chi connectivity index (χ1v) is 13.0. The number of benzene rings is 7. The second-order valence-electron chi connectivity index (χ2n) is 10.1. The Kier molecular flexibility index (Phi) is 3.82. The van der Waals surface area contributed by atoms with Crippen LogP contribution in [-0.2, 0) is 0 Å². The smallest absolute Gasteiger partial charge is 0.160 e. The topological polar surface area (TPSA) is 18.1 Å². The van der Waals surface area contributed by atoms with Crippen molar-refractivity contribution in [2.24, 2.45) is 0 Å². The van der Waals surface area contributed by atoms with Crippen molar-refractivity contribution in [1.29, 1.82) is 0 Å². The predicted octanol–water partition coefficient (Wildman–Crippen LogP) is 10.1. The van der Waals surface area contributed by atoms with Crippen molar-refractivity contribution in [3.05, 3.63) is 127 Å². The standard InChI is InChI=1S/C36H21NO/c1-3-13-24-22(10-1)12-9-18-30(24)37-34-25-14-4-2-11-23(25)20-21-29(34)32-26-15-5-6-16-27(26)33-28-17-7-8-19-31(28)38-36(33)35(32)37/h1-21H. The third-order valence-corrected chi connectivity index (χ3v) is 8.14. The molecule has 0 aliphatic heterocycles. The third kappa shape index (κ3) is 2.47. The second kappa shape index (κ2) is 7.24. The van der Waals surface area contributed by atoms with Crippen LogP contribution in [0.15, 0.2) is 132 Å². The van der Waals surface area contributed by atoms with E-state index in [1.807, 2.05) is 0 Å². The molecule has 2 aromatic heterocycles. The molecule has 2 nitrogen and oxygen atoms in total. The molecule has 176 valence electrons. The van der Waals surface area contributed by atoms with E-state index in [9.17, 15) is 0 Å². The average Bonchev–Trinajstić information content (AvgIpc) is 3.54. The lowest BCUT2D eigenvalue weighted by molar-refractivity contribution is 0.671. The molecule has 9 aromatic rings. The molecule has 0 unspecified atom stereocenters. The molecule has 0 spiro atoms. The molecule has 0 amide bonds. The van der Waals surface area contributed by atoms with Crippen LogP contribution in [0.1, 0.15) is 0 Å². The molecule has 0 bridgehead atoms. The minimum atomic E-state index is 0.916. The molecule has 0 aliphatic carbocycles. The summed E-state index contributed by atoms with van der Waals surface area (Å²) in [6.45, 7) is 0. The molecule has 9 rings (SSSR count). The van der Waals surface area contributed by atoms with Gasteiger partial charge in [0, 0.05) is 32.3 Å². The zero-order chi connectivity index (χ0) is 24.8. The van der Waals surface area contributed by atoms with Gasteiger partial charge in [0.25, 0.3) is 0 Å². The van der Waals surface area contributed by atoms with Gasteiger partial charge in [-0.2, -0.15) is 0 Å². The summed E-state index contributed by atoms with van der Waals surface area (Å²) in [5.41, 5.74) is 5.36. The molecule has 0 fully saturated rings. The number of hydrogen-bond donors (Lipinski definition) is 0. The number of hydrogen-bond acceptors (Lipinski definition) is 1. The highest BCUT2D eigenvalue weighted by Gasteiger charge is 2.24. The van der Waals surface area contributed by atoms with Crippen LogP contribution in [0.5, 0.6) is 0 Å². The lowest BCUT2D eigenvalue weighted by Crippen LogP contribution is -1.96. The molecule has 0 N–H and O–H groups in total. The maximum atomic E-state index is 6.77. The largest absolute Gasteiger partial charge is 0.454 e. The van der Waals surface area contributed by atoms with Gasteiger partial charge in [0.15, 0.2) is 5.58 Å². The van der Waals surface area contributed by atoms with E-state index < -0.39 is 0 Å². The van der Waals surface area contributed by atoms with Crippen molar-refractivity contribution in [1.82, 2.24) is 4.57 Å². The second-order valence-corrected chi connectivity index (χ2v) is 10.1. The van der Waals surface area contributed by atoms with E-state index in [1.54, 1.807) is 0 Å². The lowest BCUT2D eigenvalue weighted by Gasteiger charge is -2.13. The normalized spacial score (nSPS) is 12.2. The zero-order valence-electron chi connectivity index (χ0n) is 20.5. The van der Waals surface area contributed by atoms with Gasteiger partial charge in [0.05, 0.1) is 16.7 Å². The fourth-order valence-corrected chi connectivity index (χ4v) is 6.58. The molecule has 2 heterocycles. The van der Waals surface area contributed by atoms with E-state index in [2.05, 4.69) is 132 Å². The molecule has 0 radical (unpaired) electrons. The maximum Gasteiger partial charge on any atom is 0.160 e. The van der Waals surface area contributed by atoms with Gasteiger partial charge in [-0.3, -0.25) is 0 Å². The molecule has 38 heavy (non-hydrogen) atoms. The van der Waals surface area contributed by atoms with E-state index in [-0.39, 0.29) is 0 Å². The van der Waals surface area contributed by atoms with Gasteiger partial charge in [-0.05, 0) is 33.7 Å². The van der Waals surface area contributed by atoms with E-state index in [4.69, 9.17) is 4.42 Å². The number of furan rings is 1. The fraction of sp³-hybridized carbons (Fsp3) is 0. The number of rotatable bonds is 1. The Labute approximate surface area is 217 Å². The zero-order valence-corrected chi connectivity index (χ0v) is 20.5. The Balaban J connectivity index is 1.68. The van der Waals surface area contributed by atoms with Crippen molar-refractivity contribution in [2.45, 2.75) is 0 Å². The van der Waals surface area contributed by atoms with Gasteiger partial charge in [0.1, 0.15) is 5.58 Å². The van der Waals surface area contributed by atoms with Crippen LogP contribution < -0.4 is 0 Å². The van der Waals surface area contributed by atoms with Gasteiger partial charge in [-0.15, -0.1) is 0 Å². The molecule has 0 aliphatic rings. The van der Waals surface area contributed by atoms with Gasteiger partial charge < -0.3 is 8.98 Å². The Morgan fingerprint density at radius 3 is 1.82 bits per heavy atom. The van der Waals surface area contributed by atoms with Crippen LogP contribution in [0.3, 0.4) is 0 Å². The van der Waals surface area contributed by atoms with Gasteiger partial charge in [-0.25, -0.2) is 0 Å². The van der Waals surface area contributed by atoms with Gasteiger partial charge in [-0.1, -0.05) is 115 Å². The first-order chi connectivity index (χ1) is 18.9. The number of nitrogens with zero attached hydrogens (tertiary/aromatic N) is 1. The predicted molar refractivity (Wildman–Crippen MR) is 161 cm³/mol. The third-order valence-electron chi connectivity index (χ3n) is 8.14. The minimum absolute atomic E-state index is 0.916. The summed E-state index contributed by atoms with van der Waals surface area (Å²) in [4.78, 5) is 0. The number of fused-ring (bicyclic) bond motifs is 13. The molecular formula is C36H21NO.